The summed E-state index contributed by atoms with van der Waals surface area (Å²) in [5.41, 5.74) is 2.69. The molecule has 0 aliphatic heterocycles. The Kier molecular flexibility index (Phi) is 4.38. The molecule has 0 N–H and O–H groups in total. The smallest absolute Gasteiger partial charge is 0.186 e. The Morgan fingerprint density at radius 1 is 0.870 bits per heavy atom. The molecule has 0 atom stereocenters. The number of carbonyl (C=O) groups excluding carboxylic acids is 1. The van der Waals surface area contributed by atoms with Crippen LogP contribution < -0.4 is 0 Å². The first-order chi connectivity index (χ1) is 10.5. The molecule has 1 aliphatic rings. The third kappa shape index (κ3) is 4.01. The van der Waals surface area contributed by atoms with Crippen molar-refractivity contribution in [3.05, 3.63) is 41.1 Å². The van der Waals surface area contributed by atoms with Gasteiger partial charge in [-0.1, -0.05) is 41.5 Å². The summed E-state index contributed by atoms with van der Waals surface area (Å²) in [4.78, 5) is 17.4. The Hall–Kier alpha value is -2.10. The molecule has 1 aromatic rings. The number of aryl methyl sites for hydroxylation is 1. The van der Waals surface area contributed by atoms with Crippen molar-refractivity contribution in [1.82, 2.24) is 10.2 Å². The molecule has 2 rings (SSSR count). The number of hydrogen-bond donors (Lipinski definition) is 0. The van der Waals surface area contributed by atoms with Crippen LogP contribution in [0.4, 0.5) is 5.82 Å². The average Bonchev–Trinajstić information content (AvgIpc) is 2.40. The maximum absolute atomic E-state index is 12.8. The number of allylic oxidation sites excluding steroid dienone is 4. The Balaban J connectivity index is 2.56. The lowest BCUT2D eigenvalue weighted by molar-refractivity contribution is -0.114. The van der Waals surface area contributed by atoms with Gasteiger partial charge in [-0.2, -0.15) is 5.10 Å². The van der Waals surface area contributed by atoms with Gasteiger partial charge in [0.05, 0.1) is 11.4 Å². The minimum atomic E-state index is -0.235. The predicted molar refractivity (Wildman–Crippen MR) is 93.9 cm³/mol. The monoisotopic (exact) mass is 311 g/mol. The van der Waals surface area contributed by atoms with Gasteiger partial charge in [-0.3, -0.25) is 4.79 Å². The first kappa shape index (κ1) is 17.3. The first-order valence-corrected chi connectivity index (χ1v) is 7.86. The van der Waals surface area contributed by atoms with E-state index in [0.717, 1.165) is 22.6 Å². The molecule has 0 fully saturated rings. The van der Waals surface area contributed by atoms with Crippen molar-refractivity contribution in [1.29, 1.82) is 0 Å². The number of aliphatic imine (C=N–C) groups is 1. The van der Waals surface area contributed by atoms with Crippen molar-refractivity contribution < 1.29 is 4.79 Å². The molecule has 0 spiro atoms. The van der Waals surface area contributed by atoms with Gasteiger partial charge in [0, 0.05) is 11.1 Å². The van der Waals surface area contributed by atoms with Crippen LogP contribution in [-0.2, 0) is 4.79 Å². The van der Waals surface area contributed by atoms with Gasteiger partial charge in [0.25, 0.3) is 0 Å². The summed E-state index contributed by atoms with van der Waals surface area (Å²) < 4.78 is 0. The number of nitrogens with zero attached hydrogens (tertiary/aromatic N) is 3. The third-order valence-electron chi connectivity index (χ3n) is 3.72. The van der Waals surface area contributed by atoms with Crippen LogP contribution in [0.15, 0.2) is 40.4 Å². The fourth-order valence-electron chi connectivity index (χ4n) is 2.38. The summed E-state index contributed by atoms with van der Waals surface area (Å²) in [5, 5.41) is 8.11. The molecule has 0 saturated carbocycles. The van der Waals surface area contributed by atoms with E-state index >= 15 is 0 Å². The highest BCUT2D eigenvalue weighted by atomic mass is 16.1. The Bertz CT molecular complexity index is 672. The summed E-state index contributed by atoms with van der Waals surface area (Å²) in [6.45, 7) is 14.2. The normalized spacial score (nSPS) is 16.1. The predicted octanol–water partition coefficient (Wildman–Crippen LogP) is 4.39. The molecule has 0 aromatic carbocycles. The van der Waals surface area contributed by atoms with E-state index < -0.39 is 0 Å². The van der Waals surface area contributed by atoms with E-state index in [1.165, 1.54) is 0 Å². The van der Waals surface area contributed by atoms with Crippen LogP contribution in [0.2, 0.25) is 0 Å². The van der Waals surface area contributed by atoms with Gasteiger partial charge in [0.2, 0.25) is 0 Å². The third-order valence-corrected chi connectivity index (χ3v) is 3.72. The van der Waals surface area contributed by atoms with Crippen LogP contribution in [0.25, 0.3) is 0 Å². The van der Waals surface area contributed by atoms with Gasteiger partial charge in [0.15, 0.2) is 11.6 Å². The minimum absolute atomic E-state index is 0.110. The molecule has 1 aliphatic carbocycles. The molecule has 4 nitrogen and oxygen atoms in total. The summed E-state index contributed by atoms with van der Waals surface area (Å²) in [7, 11) is 0. The molecular weight excluding hydrogens is 286 g/mol. The van der Waals surface area contributed by atoms with Crippen LogP contribution in [-0.4, -0.2) is 21.7 Å². The van der Waals surface area contributed by atoms with Gasteiger partial charge in [-0.25, -0.2) is 4.99 Å². The van der Waals surface area contributed by atoms with E-state index in [1.54, 1.807) is 0 Å². The Labute approximate surface area is 138 Å². The molecule has 0 saturated heterocycles. The average molecular weight is 311 g/mol. The van der Waals surface area contributed by atoms with Crippen LogP contribution in [0.5, 0.6) is 0 Å². The summed E-state index contributed by atoms with van der Waals surface area (Å²) in [6, 6.07) is 3.71. The van der Waals surface area contributed by atoms with Crippen LogP contribution in [0, 0.1) is 17.8 Å². The highest BCUT2D eigenvalue weighted by Crippen LogP contribution is 2.37. The minimum Gasteiger partial charge on any atom is -0.289 e. The molecule has 122 valence electrons. The zero-order valence-electron chi connectivity index (χ0n) is 15.1. The van der Waals surface area contributed by atoms with Crippen molar-refractivity contribution in [2.45, 2.75) is 48.5 Å². The van der Waals surface area contributed by atoms with E-state index in [-0.39, 0.29) is 16.6 Å². The summed E-state index contributed by atoms with van der Waals surface area (Å²) >= 11 is 0. The number of ketones is 1. The highest BCUT2D eigenvalue weighted by Gasteiger charge is 2.34. The molecule has 0 amide bonds. The number of hydrogen-bond acceptors (Lipinski definition) is 4. The topological polar surface area (TPSA) is 55.2 Å². The van der Waals surface area contributed by atoms with Crippen molar-refractivity contribution in [2.24, 2.45) is 15.8 Å². The van der Waals surface area contributed by atoms with E-state index in [4.69, 9.17) is 0 Å². The van der Waals surface area contributed by atoms with Gasteiger partial charge in [0.1, 0.15) is 0 Å². The SMILES string of the molecule is Cc1ccc(N=C2C=C(C(C)(C)C)C(=O)C(C(C)(C)C)=C2)nn1. The largest absolute Gasteiger partial charge is 0.289 e. The molecule has 0 bridgehead atoms. The van der Waals surface area contributed by atoms with Crippen LogP contribution >= 0.6 is 0 Å². The second-order valence-electron chi connectivity index (χ2n) is 8.01. The zero-order valence-corrected chi connectivity index (χ0v) is 15.1. The lowest BCUT2D eigenvalue weighted by Gasteiger charge is -2.30. The molecule has 23 heavy (non-hydrogen) atoms. The number of carbonyl (C=O) groups is 1. The van der Waals surface area contributed by atoms with E-state index in [0.29, 0.717) is 5.82 Å². The molecule has 1 heterocycles. The molecular formula is C19H25N3O. The fourth-order valence-corrected chi connectivity index (χ4v) is 2.38. The van der Waals surface area contributed by atoms with Crippen LogP contribution in [0.3, 0.4) is 0 Å². The van der Waals surface area contributed by atoms with E-state index in [1.807, 2.05) is 72.8 Å². The maximum Gasteiger partial charge on any atom is 0.186 e. The second kappa shape index (κ2) is 5.84. The number of aromatic nitrogens is 2. The molecule has 0 radical (unpaired) electrons. The van der Waals surface area contributed by atoms with Crippen molar-refractivity contribution in [3.63, 3.8) is 0 Å². The fraction of sp³-hybridized carbons (Fsp3) is 0.474. The second-order valence-corrected chi connectivity index (χ2v) is 8.01. The molecule has 1 aromatic heterocycles. The lowest BCUT2D eigenvalue weighted by atomic mass is 9.72. The van der Waals surface area contributed by atoms with Gasteiger partial charge in [-0.15, -0.1) is 5.10 Å². The summed E-state index contributed by atoms with van der Waals surface area (Å²) in [6.07, 6.45) is 3.75. The Morgan fingerprint density at radius 2 is 1.39 bits per heavy atom. The van der Waals surface area contributed by atoms with Gasteiger partial charge < -0.3 is 0 Å². The highest BCUT2D eigenvalue weighted by molar-refractivity contribution is 6.23. The number of rotatable bonds is 1. The van der Waals surface area contributed by atoms with Crippen molar-refractivity contribution in [3.8, 4) is 0 Å². The first-order valence-electron chi connectivity index (χ1n) is 7.86. The molecule has 4 heteroatoms. The number of Topliss-reactive ketones (excluding diaryl/α,β-unsaturated/α-hetero) is 1. The van der Waals surface area contributed by atoms with Crippen molar-refractivity contribution >= 4 is 17.3 Å². The zero-order chi connectivity index (χ0) is 17.4. The van der Waals surface area contributed by atoms with Gasteiger partial charge in [-0.05, 0) is 42.0 Å². The maximum atomic E-state index is 12.8. The lowest BCUT2D eigenvalue weighted by Crippen LogP contribution is -2.29. The van der Waals surface area contributed by atoms with E-state index in [9.17, 15) is 4.79 Å². The van der Waals surface area contributed by atoms with Gasteiger partial charge >= 0.3 is 0 Å². The van der Waals surface area contributed by atoms with Crippen molar-refractivity contribution in [2.75, 3.05) is 0 Å². The Morgan fingerprint density at radius 3 is 1.78 bits per heavy atom. The quantitative estimate of drug-likeness (QED) is 0.723. The van der Waals surface area contributed by atoms with E-state index in [2.05, 4.69) is 15.2 Å². The van der Waals surface area contributed by atoms with Crippen LogP contribution in [0.1, 0.15) is 47.2 Å². The standard InChI is InChI=1S/C19H25N3O/c1-12-8-9-16(22-21-12)20-13-10-14(18(2,3)4)17(23)15(11-13)19(5,6)7/h8-11H,1-7H3. The summed E-state index contributed by atoms with van der Waals surface area (Å²) in [5.74, 6) is 0.660. The molecule has 0 unspecified atom stereocenters.